The van der Waals surface area contributed by atoms with Crippen LogP contribution in [0.2, 0.25) is 0 Å². The van der Waals surface area contributed by atoms with Gasteiger partial charge < -0.3 is 14.7 Å². The van der Waals surface area contributed by atoms with E-state index >= 15 is 0 Å². The Morgan fingerprint density at radius 2 is 2.11 bits per heavy atom. The Morgan fingerprint density at radius 1 is 1.26 bits per heavy atom. The molecule has 27 heavy (non-hydrogen) atoms. The quantitative estimate of drug-likeness (QED) is 0.766. The first-order chi connectivity index (χ1) is 13.1. The van der Waals surface area contributed by atoms with Crippen LogP contribution in [0, 0.1) is 11.6 Å². The molecule has 1 N–H and O–H groups in total. The van der Waals surface area contributed by atoms with E-state index in [-0.39, 0.29) is 12.5 Å². The molecule has 4 rings (SSSR count). The van der Waals surface area contributed by atoms with Gasteiger partial charge in [-0.15, -0.1) is 0 Å². The summed E-state index contributed by atoms with van der Waals surface area (Å²) in [4.78, 5) is 18.8. The van der Waals surface area contributed by atoms with Gasteiger partial charge in [-0.1, -0.05) is 5.16 Å². The lowest BCUT2D eigenvalue weighted by molar-refractivity contribution is 0.0729. The normalized spacial score (nSPS) is 13.4. The number of nitrogens with zero attached hydrogens (tertiary/aromatic N) is 3. The molecule has 1 aromatic carbocycles. The van der Waals surface area contributed by atoms with E-state index in [1.54, 1.807) is 30.3 Å². The number of carbonyl (C=O) groups excluding carboxylic acids is 1. The van der Waals surface area contributed by atoms with Gasteiger partial charge in [-0.05, 0) is 30.3 Å². The third kappa shape index (κ3) is 3.03. The third-order valence-electron chi connectivity index (χ3n) is 4.58. The minimum absolute atomic E-state index is 0.171. The molecule has 0 unspecified atom stereocenters. The molecule has 0 spiro atoms. The zero-order chi connectivity index (χ0) is 19.0. The molecule has 2 aromatic heterocycles. The van der Waals surface area contributed by atoms with E-state index in [9.17, 15) is 13.6 Å². The van der Waals surface area contributed by atoms with Crippen molar-refractivity contribution in [1.29, 1.82) is 0 Å². The van der Waals surface area contributed by atoms with E-state index in [4.69, 9.17) is 4.52 Å². The second-order valence-electron chi connectivity index (χ2n) is 6.19. The molecule has 0 aliphatic carbocycles. The number of anilines is 1. The minimum Gasteiger partial charge on any atom is -0.372 e. The number of hydrogen-bond acceptors (Lipinski definition) is 5. The fourth-order valence-electron chi connectivity index (χ4n) is 3.20. The highest BCUT2D eigenvalue weighted by Gasteiger charge is 2.29. The Bertz CT molecular complexity index is 1020. The molecule has 0 bridgehead atoms. The summed E-state index contributed by atoms with van der Waals surface area (Å²) in [5.74, 6) is -0.903. The van der Waals surface area contributed by atoms with Crippen LogP contribution in [0.15, 0.2) is 41.1 Å². The van der Waals surface area contributed by atoms with Gasteiger partial charge in [-0.25, -0.2) is 13.8 Å². The van der Waals surface area contributed by atoms with E-state index in [1.807, 2.05) is 0 Å². The minimum atomic E-state index is -0.956. The molecule has 0 fully saturated rings. The average Bonchev–Trinajstić information content (AvgIpc) is 3.12. The number of nitrogens with one attached hydrogen (secondary N) is 1. The molecule has 0 saturated carbocycles. The van der Waals surface area contributed by atoms with Crippen LogP contribution in [-0.2, 0) is 13.0 Å². The molecule has 0 atom stereocenters. The van der Waals surface area contributed by atoms with E-state index in [0.29, 0.717) is 46.9 Å². The van der Waals surface area contributed by atoms with Crippen LogP contribution in [0.25, 0.3) is 11.3 Å². The fraction of sp³-hybridized carbons (Fsp3) is 0.211. The van der Waals surface area contributed by atoms with Gasteiger partial charge in [0.15, 0.2) is 11.6 Å². The molecule has 3 heterocycles. The highest BCUT2D eigenvalue weighted by molar-refractivity contribution is 5.98. The number of fused-ring (bicyclic) bond motifs is 1. The van der Waals surface area contributed by atoms with Crippen LogP contribution < -0.4 is 5.32 Å². The molecule has 8 heteroatoms. The first-order valence-corrected chi connectivity index (χ1v) is 8.43. The smallest absolute Gasteiger partial charge is 0.257 e. The van der Waals surface area contributed by atoms with Crippen molar-refractivity contribution in [3.63, 3.8) is 0 Å². The summed E-state index contributed by atoms with van der Waals surface area (Å²) >= 11 is 0. The molecule has 1 aliphatic rings. The maximum Gasteiger partial charge on any atom is 0.257 e. The van der Waals surface area contributed by atoms with Crippen molar-refractivity contribution in [3.05, 3.63) is 65.1 Å². The highest BCUT2D eigenvalue weighted by Crippen LogP contribution is 2.31. The van der Waals surface area contributed by atoms with E-state index in [2.05, 4.69) is 15.5 Å². The van der Waals surface area contributed by atoms with Gasteiger partial charge in [0.25, 0.3) is 5.91 Å². The van der Waals surface area contributed by atoms with Crippen LogP contribution in [0.5, 0.6) is 0 Å². The number of amides is 1. The molecule has 138 valence electrons. The zero-order valence-electron chi connectivity index (χ0n) is 14.5. The van der Waals surface area contributed by atoms with Gasteiger partial charge in [0.05, 0.1) is 12.1 Å². The Balaban J connectivity index is 1.66. The number of pyridine rings is 1. The summed E-state index contributed by atoms with van der Waals surface area (Å²) in [5, 5.41) is 6.92. The lowest BCUT2D eigenvalue weighted by Gasteiger charge is -2.27. The van der Waals surface area contributed by atoms with Gasteiger partial charge in [-0.2, -0.15) is 0 Å². The highest BCUT2D eigenvalue weighted by atomic mass is 19.2. The lowest BCUT2D eigenvalue weighted by atomic mass is 10.0. The molecular formula is C19H16F2N4O2. The van der Waals surface area contributed by atoms with Crippen molar-refractivity contribution < 1.29 is 18.1 Å². The van der Waals surface area contributed by atoms with Crippen LogP contribution in [0.4, 0.5) is 14.6 Å². The van der Waals surface area contributed by atoms with Gasteiger partial charge in [0, 0.05) is 37.3 Å². The largest absolute Gasteiger partial charge is 0.372 e. The number of halogens is 2. The Hall–Kier alpha value is -3.29. The molecule has 1 amide bonds. The second-order valence-corrected chi connectivity index (χ2v) is 6.19. The van der Waals surface area contributed by atoms with E-state index in [1.165, 1.54) is 6.07 Å². The third-order valence-corrected chi connectivity index (χ3v) is 4.58. The summed E-state index contributed by atoms with van der Waals surface area (Å²) in [7, 11) is 1.70. The van der Waals surface area contributed by atoms with Gasteiger partial charge in [0.1, 0.15) is 17.3 Å². The standard InChI is InChI=1S/C19H16F2N4O2/c1-22-18-12(3-2-7-23-18)19(26)25-8-6-16-13(10-25)17(24-27-16)11-4-5-14(20)15(21)9-11/h2-5,7,9H,6,8,10H2,1H3,(H,22,23). The number of benzene rings is 1. The van der Waals surface area contributed by atoms with Crippen molar-refractivity contribution in [2.75, 3.05) is 18.9 Å². The lowest BCUT2D eigenvalue weighted by Crippen LogP contribution is -2.36. The van der Waals surface area contributed by atoms with Crippen molar-refractivity contribution in [2.45, 2.75) is 13.0 Å². The summed E-state index contributed by atoms with van der Waals surface area (Å²) in [6.07, 6.45) is 2.10. The predicted octanol–water partition coefficient (Wildman–Crippen LogP) is 3.26. The summed E-state index contributed by atoms with van der Waals surface area (Å²) < 4.78 is 32.2. The number of aromatic nitrogens is 2. The zero-order valence-corrected chi connectivity index (χ0v) is 14.5. The topological polar surface area (TPSA) is 71.3 Å². The maximum atomic E-state index is 13.6. The average molecular weight is 370 g/mol. The summed E-state index contributed by atoms with van der Waals surface area (Å²) in [6, 6.07) is 6.98. The van der Waals surface area contributed by atoms with E-state index < -0.39 is 11.6 Å². The fourth-order valence-corrected chi connectivity index (χ4v) is 3.20. The summed E-state index contributed by atoms with van der Waals surface area (Å²) in [6.45, 7) is 0.736. The molecule has 1 aliphatic heterocycles. The SMILES string of the molecule is CNc1ncccc1C(=O)N1CCc2onc(-c3ccc(F)c(F)c3)c2C1. The maximum absolute atomic E-state index is 13.6. The molecule has 3 aromatic rings. The molecule has 0 saturated heterocycles. The van der Waals surface area contributed by atoms with Crippen molar-refractivity contribution >= 4 is 11.7 Å². The van der Waals surface area contributed by atoms with Crippen LogP contribution in [-0.4, -0.2) is 34.5 Å². The second kappa shape index (κ2) is 6.79. The van der Waals surface area contributed by atoms with E-state index in [0.717, 1.165) is 12.1 Å². The monoisotopic (exact) mass is 370 g/mol. The summed E-state index contributed by atoms with van der Waals surface area (Å²) in [5.41, 5.74) is 2.00. The van der Waals surface area contributed by atoms with Gasteiger partial charge in [0.2, 0.25) is 0 Å². The van der Waals surface area contributed by atoms with Gasteiger partial charge in [-0.3, -0.25) is 4.79 Å². The molecular weight excluding hydrogens is 354 g/mol. The Kier molecular flexibility index (Phi) is 4.31. The van der Waals surface area contributed by atoms with Crippen molar-refractivity contribution in [3.8, 4) is 11.3 Å². The van der Waals surface area contributed by atoms with Crippen LogP contribution in [0.1, 0.15) is 21.7 Å². The number of hydrogen-bond donors (Lipinski definition) is 1. The Morgan fingerprint density at radius 3 is 2.89 bits per heavy atom. The van der Waals surface area contributed by atoms with Crippen molar-refractivity contribution in [1.82, 2.24) is 15.0 Å². The molecule has 6 nitrogen and oxygen atoms in total. The first kappa shape index (κ1) is 17.1. The first-order valence-electron chi connectivity index (χ1n) is 8.43. The van der Waals surface area contributed by atoms with Gasteiger partial charge >= 0.3 is 0 Å². The number of rotatable bonds is 3. The Labute approximate surface area is 153 Å². The molecule has 0 radical (unpaired) electrons. The number of carbonyl (C=O) groups is 1. The van der Waals surface area contributed by atoms with Crippen molar-refractivity contribution in [2.24, 2.45) is 0 Å². The predicted molar refractivity (Wildman–Crippen MR) is 94.1 cm³/mol. The van der Waals surface area contributed by atoms with Crippen LogP contribution >= 0.6 is 0 Å². The van der Waals surface area contributed by atoms with Crippen LogP contribution in [0.3, 0.4) is 0 Å².